The molecule has 0 heterocycles. The zero-order valence-electron chi connectivity index (χ0n) is 64.8. The molecular formula is C83H148O17P2. The molecule has 102 heavy (non-hydrogen) atoms. The second-order valence-electron chi connectivity index (χ2n) is 27.3. The maximum absolute atomic E-state index is 13.1. The molecule has 0 aromatic heterocycles. The summed E-state index contributed by atoms with van der Waals surface area (Å²) in [5.74, 6) is -2.19. The monoisotopic (exact) mass is 1480 g/mol. The van der Waals surface area contributed by atoms with E-state index in [1.165, 1.54) is 122 Å². The molecule has 17 nitrogen and oxygen atoms in total. The van der Waals surface area contributed by atoms with E-state index in [1.54, 1.807) is 0 Å². The van der Waals surface area contributed by atoms with Gasteiger partial charge in [-0.3, -0.25) is 37.3 Å². The number of esters is 4. The molecule has 0 bridgehead atoms. The largest absolute Gasteiger partial charge is 0.472 e. The first-order valence-electron chi connectivity index (χ1n) is 40.8. The minimum absolute atomic E-state index is 0.0586. The van der Waals surface area contributed by atoms with Crippen molar-refractivity contribution in [3.8, 4) is 0 Å². The summed E-state index contributed by atoms with van der Waals surface area (Å²) >= 11 is 0. The van der Waals surface area contributed by atoms with E-state index in [0.717, 1.165) is 161 Å². The predicted octanol–water partition coefficient (Wildman–Crippen LogP) is 23.8. The van der Waals surface area contributed by atoms with E-state index in [2.05, 4.69) is 113 Å². The van der Waals surface area contributed by atoms with Crippen LogP contribution in [0.15, 0.2) is 85.1 Å². The lowest BCUT2D eigenvalue weighted by Crippen LogP contribution is -2.30. The van der Waals surface area contributed by atoms with E-state index < -0.39 is 97.5 Å². The highest BCUT2D eigenvalue weighted by Crippen LogP contribution is 2.45. The minimum atomic E-state index is -4.98. The maximum Gasteiger partial charge on any atom is 0.472 e. The van der Waals surface area contributed by atoms with Gasteiger partial charge < -0.3 is 33.8 Å². The molecule has 592 valence electrons. The first-order chi connectivity index (χ1) is 49.7. The van der Waals surface area contributed by atoms with Gasteiger partial charge >= 0.3 is 39.5 Å². The third-order valence-corrected chi connectivity index (χ3v) is 19.2. The van der Waals surface area contributed by atoms with Crippen molar-refractivity contribution in [3.63, 3.8) is 0 Å². The highest BCUT2D eigenvalue weighted by atomic mass is 31.2. The van der Waals surface area contributed by atoms with E-state index >= 15 is 0 Å². The van der Waals surface area contributed by atoms with Crippen LogP contribution >= 0.6 is 15.6 Å². The van der Waals surface area contributed by atoms with Crippen LogP contribution in [-0.2, 0) is 65.4 Å². The molecular weight excluding hydrogens is 1330 g/mol. The summed E-state index contributed by atoms with van der Waals surface area (Å²) in [5.41, 5.74) is 0. The van der Waals surface area contributed by atoms with Crippen LogP contribution in [0.25, 0.3) is 0 Å². The van der Waals surface area contributed by atoms with Gasteiger partial charge in [-0.1, -0.05) is 299 Å². The Labute approximate surface area is 621 Å². The van der Waals surface area contributed by atoms with E-state index in [-0.39, 0.29) is 25.7 Å². The Hall–Kier alpha value is -3.76. The topological polar surface area (TPSA) is 237 Å². The summed E-state index contributed by atoms with van der Waals surface area (Å²) in [6.45, 7) is 4.75. The number of hydrogen-bond donors (Lipinski definition) is 3. The second kappa shape index (κ2) is 75.5. The normalized spacial score (nSPS) is 14.3. The lowest BCUT2D eigenvalue weighted by molar-refractivity contribution is -0.161. The van der Waals surface area contributed by atoms with Crippen LogP contribution in [0.4, 0.5) is 0 Å². The molecule has 0 amide bonds. The molecule has 0 aromatic rings. The van der Waals surface area contributed by atoms with Gasteiger partial charge in [0, 0.05) is 25.7 Å². The van der Waals surface area contributed by atoms with Gasteiger partial charge in [-0.05, 0) is 122 Å². The van der Waals surface area contributed by atoms with Crippen molar-refractivity contribution in [2.24, 2.45) is 0 Å². The van der Waals surface area contributed by atoms with Gasteiger partial charge in [-0.15, -0.1) is 0 Å². The fourth-order valence-corrected chi connectivity index (χ4v) is 12.7. The molecule has 0 rings (SSSR count). The summed E-state index contributed by atoms with van der Waals surface area (Å²) in [5, 5.41) is 10.6. The van der Waals surface area contributed by atoms with Gasteiger partial charge in [-0.2, -0.15) is 0 Å². The highest BCUT2D eigenvalue weighted by molar-refractivity contribution is 7.47. The quantitative estimate of drug-likeness (QED) is 0.0169. The van der Waals surface area contributed by atoms with Crippen LogP contribution in [-0.4, -0.2) is 96.7 Å². The third kappa shape index (κ3) is 74.5. The van der Waals surface area contributed by atoms with Crippen LogP contribution in [0.3, 0.4) is 0 Å². The average Bonchev–Trinajstić information content (AvgIpc) is 0.924. The fourth-order valence-electron chi connectivity index (χ4n) is 11.1. The number of carbonyl (C=O) groups excluding carboxylic acids is 4. The Bertz CT molecular complexity index is 2260. The Balaban J connectivity index is 5.37. The first kappa shape index (κ1) is 98.2. The van der Waals surface area contributed by atoms with Gasteiger partial charge in [-0.25, -0.2) is 9.13 Å². The Morgan fingerprint density at radius 1 is 0.284 bits per heavy atom. The van der Waals surface area contributed by atoms with Crippen molar-refractivity contribution < 1.29 is 80.2 Å². The molecule has 2 unspecified atom stereocenters. The molecule has 0 radical (unpaired) electrons. The van der Waals surface area contributed by atoms with Gasteiger partial charge in [0.2, 0.25) is 0 Å². The van der Waals surface area contributed by atoms with Crippen molar-refractivity contribution >= 4 is 39.5 Å². The zero-order valence-corrected chi connectivity index (χ0v) is 66.6. The molecule has 0 aliphatic heterocycles. The van der Waals surface area contributed by atoms with Crippen LogP contribution in [0.1, 0.15) is 362 Å². The van der Waals surface area contributed by atoms with E-state index in [4.69, 9.17) is 37.0 Å². The van der Waals surface area contributed by atoms with Crippen molar-refractivity contribution in [2.45, 2.75) is 380 Å². The van der Waals surface area contributed by atoms with E-state index in [0.29, 0.717) is 25.7 Å². The SMILES string of the molecule is CC/C=C\C/C=C\C/C=C\C/C=C\C/C=C\CCCCCC(=O)O[C@H](COC(=O)CCCCCCCCCCCCCCC)COP(=O)(O)OC[C@H](O)COP(=O)(O)OC[C@@H](COC(=O)CCCCCCCCC/C=C\CCCCCC)OC(=O)CCCCCCCCC/C=C\CCCCCC. The molecule has 0 saturated carbocycles. The molecule has 0 saturated heterocycles. The van der Waals surface area contributed by atoms with Crippen LogP contribution in [0.2, 0.25) is 0 Å². The average molecular weight is 1480 g/mol. The predicted molar refractivity (Wildman–Crippen MR) is 418 cm³/mol. The lowest BCUT2D eigenvalue weighted by Gasteiger charge is -2.21. The number of phosphoric ester groups is 2. The smallest absolute Gasteiger partial charge is 0.462 e. The van der Waals surface area contributed by atoms with Gasteiger partial charge in [0.25, 0.3) is 0 Å². The molecule has 0 aliphatic carbocycles. The van der Waals surface area contributed by atoms with Crippen molar-refractivity contribution in [1.82, 2.24) is 0 Å². The van der Waals surface area contributed by atoms with Crippen LogP contribution in [0, 0.1) is 0 Å². The fraction of sp³-hybridized carbons (Fsp3) is 0.783. The van der Waals surface area contributed by atoms with Gasteiger partial charge in [0.15, 0.2) is 12.2 Å². The highest BCUT2D eigenvalue weighted by Gasteiger charge is 2.30. The van der Waals surface area contributed by atoms with E-state index in [1.807, 2.05) is 0 Å². The number of aliphatic hydroxyl groups is 1. The molecule has 0 aromatic carbocycles. The van der Waals surface area contributed by atoms with Crippen LogP contribution < -0.4 is 0 Å². The third-order valence-electron chi connectivity index (χ3n) is 17.3. The van der Waals surface area contributed by atoms with Gasteiger partial charge in [0.05, 0.1) is 26.4 Å². The number of ether oxygens (including phenoxy) is 4. The maximum atomic E-state index is 13.1. The number of carbonyl (C=O) groups is 4. The number of allylic oxidation sites excluding steroid dienone is 14. The minimum Gasteiger partial charge on any atom is -0.462 e. The van der Waals surface area contributed by atoms with E-state index in [9.17, 15) is 43.2 Å². The summed E-state index contributed by atoms with van der Waals surface area (Å²) in [7, 11) is -9.96. The molecule has 19 heteroatoms. The molecule has 0 spiro atoms. The Kier molecular flexibility index (Phi) is 72.7. The number of aliphatic hydroxyl groups excluding tert-OH is 1. The summed E-state index contributed by atoms with van der Waals surface area (Å²) in [6, 6.07) is 0. The molecule has 5 atom stereocenters. The van der Waals surface area contributed by atoms with Crippen molar-refractivity contribution in [3.05, 3.63) is 85.1 Å². The molecule has 0 aliphatic rings. The Morgan fingerprint density at radius 2 is 0.510 bits per heavy atom. The summed E-state index contributed by atoms with van der Waals surface area (Å²) in [6.07, 6.45) is 78.4. The van der Waals surface area contributed by atoms with Crippen molar-refractivity contribution in [1.29, 1.82) is 0 Å². The molecule has 0 fully saturated rings. The van der Waals surface area contributed by atoms with Crippen LogP contribution in [0.5, 0.6) is 0 Å². The number of hydrogen-bond acceptors (Lipinski definition) is 15. The Morgan fingerprint density at radius 3 is 0.814 bits per heavy atom. The number of phosphoric acid groups is 2. The first-order valence-corrected chi connectivity index (χ1v) is 43.8. The van der Waals surface area contributed by atoms with Gasteiger partial charge in [0.1, 0.15) is 19.3 Å². The summed E-state index contributed by atoms with van der Waals surface area (Å²) in [4.78, 5) is 73.0. The standard InChI is InChI=1S/C83H148O17P2/c1-5-9-13-17-21-25-29-33-36-37-38-39-42-46-50-54-58-62-66-70-83(88)100-78(73-93-80(85)67-63-59-55-51-47-43-32-28-24-20-16-12-8-4)75-97-101(89,90)95-71-77(84)72-96-102(91,92)98-76-79(99-82(87)69-65-61-57-53-49-45-41-35-31-27-23-19-15-11-7-3)74-94-81(86)68-64-60-56-52-48-44-40-34-30-26-22-18-14-10-6-2/h9,13,21,25-27,30-31,33,36,38-39,46,50,77-79,84H,5-8,10-12,14-20,22-24,28-29,32,34-35,37,40-45,47-49,51-76H2,1-4H3,(H,89,90)(H,91,92)/b13-9-,25-21-,30-26-,31-27-,36-33-,39-38-,50-46-/t77-,78+,79+/m0/s1. The number of rotatable bonds is 77. The summed E-state index contributed by atoms with van der Waals surface area (Å²) < 4.78 is 68.6. The number of unbranched alkanes of at least 4 members (excludes halogenated alkanes) is 37. The van der Waals surface area contributed by atoms with Crippen molar-refractivity contribution in [2.75, 3.05) is 39.6 Å². The lowest BCUT2D eigenvalue weighted by atomic mass is 10.0. The zero-order chi connectivity index (χ0) is 74.6. The second-order valence-corrected chi connectivity index (χ2v) is 30.2. The molecule has 3 N–H and O–H groups in total.